The first-order valence-corrected chi connectivity index (χ1v) is 8.41. The lowest BCUT2D eigenvalue weighted by atomic mass is 10.1. The number of benzene rings is 2. The smallest absolute Gasteiger partial charge is 0.127 e. The van der Waals surface area contributed by atoms with Crippen LogP contribution in [0.5, 0.6) is 0 Å². The van der Waals surface area contributed by atoms with Gasteiger partial charge in [0.25, 0.3) is 0 Å². The summed E-state index contributed by atoms with van der Waals surface area (Å²) in [6, 6.07) is 20.3. The Balaban J connectivity index is 1.68. The predicted molar refractivity (Wildman–Crippen MR) is 95.4 cm³/mol. The Morgan fingerprint density at radius 3 is 2.40 bits per heavy atom. The highest BCUT2D eigenvalue weighted by atomic mass is 19.1. The Labute approximate surface area is 147 Å². The number of furan rings is 1. The third-order valence-electron chi connectivity index (χ3n) is 4.09. The van der Waals surface area contributed by atoms with Crippen molar-refractivity contribution in [3.8, 4) is 0 Å². The molecular weight excluding hydrogens is 317 g/mol. The largest absolute Gasteiger partial charge is 0.468 e. The summed E-state index contributed by atoms with van der Waals surface area (Å²) in [6.07, 6.45) is 1.65. The van der Waals surface area contributed by atoms with Crippen LogP contribution in [0.4, 0.5) is 4.39 Å². The molecule has 1 atom stereocenters. The van der Waals surface area contributed by atoms with Gasteiger partial charge in [0, 0.05) is 18.7 Å². The summed E-state index contributed by atoms with van der Waals surface area (Å²) in [4.78, 5) is 2.00. The molecular formula is C21H22FNO2. The van der Waals surface area contributed by atoms with Gasteiger partial charge in [0.15, 0.2) is 0 Å². The van der Waals surface area contributed by atoms with Crippen LogP contribution < -0.4 is 0 Å². The molecule has 0 aliphatic rings. The number of hydrogen-bond donors (Lipinski definition) is 1. The predicted octanol–water partition coefficient (Wildman–Crippen LogP) is 4.02. The minimum absolute atomic E-state index is 0.232. The second kappa shape index (κ2) is 8.60. The normalized spacial score (nSPS) is 12.4. The number of hydrogen-bond acceptors (Lipinski definition) is 3. The van der Waals surface area contributed by atoms with E-state index in [2.05, 4.69) is 0 Å². The molecule has 4 heteroatoms. The van der Waals surface area contributed by atoms with E-state index in [0.717, 1.165) is 11.3 Å². The number of nitrogens with zero attached hydrogens (tertiary/aromatic N) is 1. The first kappa shape index (κ1) is 17.4. The first-order valence-electron chi connectivity index (χ1n) is 8.41. The Morgan fingerprint density at radius 2 is 1.68 bits per heavy atom. The molecule has 1 heterocycles. The zero-order chi connectivity index (χ0) is 17.5. The third kappa shape index (κ3) is 5.28. The molecule has 0 amide bonds. The number of rotatable bonds is 8. The van der Waals surface area contributed by atoms with Crippen LogP contribution in [0.3, 0.4) is 0 Å². The molecule has 1 aromatic heterocycles. The van der Waals surface area contributed by atoms with Gasteiger partial charge in [-0.3, -0.25) is 4.90 Å². The van der Waals surface area contributed by atoms with Crippen LogP contribution in [0.1, 0.15) is 16.9 Å². The number of aliphatic hydroxyl groups excluding tert-OH is 1. The van der Waals surface area contributed by atoms with Crippen LogP contribution in [0.25, 0.3) is 0 Å². The molecule has 130 valence electrons. The van der Waals surface area contributed by atoms with E-state index in [1.807, 2.05) is 53.4 Å². The lowest BCUT2D eigenvalue weighted by Crippen LogP contribution is -2.33. The van der Waals surface area contributed by atoms with Crippen LogP contribution in [0.2, 0.25) is 0 Å². The van der Waals surface area contributed by atoms with Gasteiger partial charge in [0.05, 0.1) is 18.9 Å². The Morgan fingerprint density at radius 1 is 0.920 bits per heavy atom. The maximum absolute atomic E-state index is 14.0. The van der Waals surface area contributed by atoms with E-state index in [1.54, 1.807) is 18.4 Å². The van der Waals surface area contributed by atoms with Gasteiger partial charge in [-0.15, -0.1) is 0 Å². The van der Waals surface area contributed by atoms with Crippen LogP contribution >= 0.6 is 0 Å². The van der Waals surface area contributed by atoms with Gasteiger partial charge in [-0.1, -0.05) is 48.5 Å². The lowest BCUT2D eigenvalue weighted by molar-refractivity contribution is 0.0996. The molecule has 0 spiro atoms. The SMILES string of the molecule is OC(Cc1ccccc1)CN(Cc1ccco1)Cc1ccccc1F. The fraction of sp³-hybridized carbons (Fsp3) is 0.238. The Bertz CT molecular complexity index is 759. The third-order valence-corrected chi connectivity index (χ3v) is 4.09. The van der Waals surface area contributed by atoms with Gasteiger partial charge < -0.3 is 9.52 Å². The summed E-state index contributed by atoms with van der Waals surface area (Å²) < 4.78 is 19.4. The van der Waals surface area contributed by atoms with Gasteiger partial charge in [-0.2, -0.15) is 0 Å². The molecule has 0 aliphatic heterocycles. The topological polar surface area (TPSA) is 36.6 Å². The van der Waals surface area contributed by atoms with E-state index in [0.29, 0.717) is 31.6 Å². The number of aliphatic hydroxyl groups is 1. The van der Waals surface area contributed by atoms with Crippen LogP contribution in [0.15, 0.2) is 77.4 Å². The van der Waals surface area contributed by atoms with Crippen molar-refractivity contribution in [2.75, 3.05) is 6.54 Å². The highest BCUT2D eigenvalue weighted by Crippen LogP contribution is 2.15. The Kier molecular flexibility index (Phi) is 5.99. The van der Waals surface area contributed by atoms with Crippen LogP contribution in [-0.2, 0) is 19.5 Å². The average molecular weight is 339 g/mol. The highest BCUT2D eigenvalue weighted by molar-refractivity contribution is 5.18. The molecule has 3 nitrogen and oxygen atoms in total. The molecule has 0 radical (unpaired) electrons. The van der Waals surface area contributed by atoms with E-state index < -0.39 is 6.10 Å². The fourth-order valence-corrected chi connectivity index (χ4v) is 2.92. The minimum Gasteiger partial charge on any atom is -0.468 e. The maximum atomic E-state index is 14.0. The van der Waals surface area contributed by atoms with Crippen LogP contribution in [0, 0.1) is 5.82 Å². The van der Waals surface area contributed by atoms with Crippen molar-refractivity contribution in [1.29, 1.82) is 0 Å². The summed E-state index contributed by atoms with van der Waals surface area (Å²) in [5.74, 6) is 0.563. The number of halogens is 1. The molecule has 1 unspecified atom stereocenters. The van der Waals surface area contributed by atoms with E-state index in [1.165, 1.54) is 6.07 Å². The van der Waals surface area contributed by atoms with Crippen molar-refractivity contribution < 1.29 is 13.9 Å². The van der Waals surface area contributed by atoms with Gasteiger partial charge in [-0.05, 0) is 30.2 Å². The highest BCUT2D eigenvalue weighted by Gasteiger charge is 2.16. The Hall–Kier alpha value is -2.43. The minimum atomic E-state index is -0.538. The second-order valence-electron chi connectivity index (χ2n) is 6.18. The van der Waals surface area contributed by atoms with Crippen molar-refractivity contribution in [2.45, 2.75) is 25.6 Å². The van der Waals surface area contributed by atoms with Gasteiger partial charge in [0.2, 0.25) is 0 Å². The maximum Gasteiger partial charge on any atom is 0.127 e. The molecule has 3 aromatic rings. The molecule has 0 fully saturated rings. The molecule has 0 saturated carbocycles. The van der Waals surface area contributed by atoms with Crippen LogP contribution in [-0.4, -0.2) is 22.7 Å². The van der Waals surface area contributed by atoms with Gasteiger partial charge in [0.1, 0.15) is 11.6 Å². The summed E-state index contributed by atoms with van der Waals surface area (Å²) in [7, 11) is 0. The zero-order valence-electron chi connectivity index (χ0n) is 14.0. The summed E-state index contributed by atoms with van der Waals surface area (Å²) in [6.45, 7) is 1.37. The van der Waals surface area contributed by atoms with Gasteiger partial charge >= 0.3 is 0 Å². The lowest BCUT2D eigenvalue weighted by Gasteiger charge is -2.24. The van der Waals surface area contributed by atoms with Crippen molar-refractivity contribution in [2.24, 2.45) is 0 Å². The monoisotopic (exact) mass is 339 g/mol. The molecule has 0 bridgehead atoms. The first-order chi connectivity index (χ1) is 12.2. The summed E-state index contributed by atoms with van der Waals surface area (Å²) in [5.41, 5.74) is 1.69. The second-order valence-corrected chi connectivity index (χ2v) is 6.18. The fourth-order valence-electron chi connectivity index (χ4n) is 2.92. The zero-order valence-corrected chi connectivity index (χ0v) is 14.0. The van der Waals surface area contributed by atoms with E-state index >= 15 is 0 Å². The van der Waals surface area contributed by atoms with Crippen molar-refractivity contribution >= 4 is 0 Å². The summed E-state index contributed by atoms with van der Waals surface area (Å²) >= 11 is 0. The summed E-state index contributed by atoms with van der Waals surface area (Å²) in [5, 5.41) is 10.5. The molecule has 0 aliphatic carbocycles. The van der Waals surface area contributed by atoms with E-state index in [4.69, 9.17) is 4.42 Å². The van der Waals surface area contributed by atoms with E-state index in [-0.39, 0.29) is 5.82 Å². The molecule has 25 heavy (non-hydrogen) atoms. The molecule has 0 saturated heterocycles. The molecule has 3 rings (SSSR count). The molecule has 2 aromatic carbocycles. The van der Waals surface area contributed by atoms with Crippen molar-refractivity contribution in [3.05, 3.63) is 95.7 Å². The molecule has 1 N–H and O–H groups in total. The van der Waals surface area contributed by atoms with Crippen molar-refractivity contribution in [3.63, 3.8) is 0 Å². The standard InChI is InChI=1S/C21H22FNO2/c22-21-11-5-4-9-18(21)14-23(16-20-10-6-12-25-20)15-19(24)13-17-7-2-1-3-8-17/h1-12,19,24H,13-16H2. The van der Waals surface area contributed by atoms with E-state index in [9.17, 15) is 9.50 Å². The quantitative estimate of drug-likeness (QED) is 0.673. The van der Waals surface area contributed by atoms with Crippen molar-refractivity contribution in [1.82, 2.24) is 4.90 Å². The average Bonchev–Trinajstić information content (AvgIpc) is 3.10. The van der Waals surface area contributed by atoms with Gasteiger partial charge in [-0.25, -0.2) is 4.39 Å².